The average molecular weight is 327 g/mol. The normalized spacial score (nSPS) is 12.8. The molecule has 0 aliphatic rings. The smallest absolute Gasteiger partial charge is 0.191 e. The molecule has 6 heteroatoms. The Labute approximate surface area is 136 Å². The van der Waals surface area contributed by atoms with Gasteiger partial charge in [-0.05, 0) is 56.5 Å². The SMILES string of the molecule is CCNC(=NCC(C)Oc1ccc(F)cc1)NCCCSC. The Hall–Kier alpha value is -1.43. The van der Waals surface area contributed by atoms with Crippen molar-refractivity contribution in [1.29, 1.82) is 0 Å². The van der Waals surface area contributed by atoms with Crippen LogP contribution in [0.25, 0.3) is 0 Å². The molecule has 0 aliphatic heterocycles. The molecule has 1 rings (SSSR count). The lowest BCUT2D eigenvalue weighted by molar-refractivity contribution is 0.230. The molecule has 0 saturated carbocycles. The van der Waals surface area contributed by atoms with Gasteiger partial charge in [-0.25, -0.2) is 9.38 Å². The van der Waals surface area contributed by atoms with Crippen molar-refractivity contribution in [2.75, 3.05) is 31.6 Å². The van der Waals surface area contributed by atoms with E-state index in [1.54, 1.807) is 12.1 Å². The first-order chi connectivity index (χ1) is 10.7. The van der Waals surface area contributed by atoms with Crippen LogP contribution in [0.1, 0.15) is 20.3 Å². The second-order valence-corrected chi connectivity index (χ2v) is 5.86. The number of ether oxygens (including phenoxy) is 1. The van der Waals surface area contributed by atoms with Gasteiger partial charge in [-0.1, -0.05) is 0 Å². The molecule has 2 N–H and O–H groups in total. The fourth-order valence-corrected chi connectivity index (χ4v) is 2.20. The van der Waals surface area contributed by atoms with E-state index in [0.717, 1.165) is 31.2 Å². The van der Waals surface area contributed by atoms with Crippen molar-refractivity contribution in [3.8, 4) is 5.75 Å². The summed E-state index contributed by atoms with van der Waals surface area (Å²) in [6.45, 7) is 6.25. The highest BCUT2D eigenvalue weighted by molar-refractivity contribution is 7.98. The van der Waals surface area contributed by atoms with Gasteiger partial charge >= 0.3 is 0 Å². The van der Waals surface area contributed by atoms with E-state index in [-0.39, 0.29) is 11.9 Å². The lowest BCUT2D eigenvalue weighted by Gasteiger charge is -2.15. The zero-order chi connectivity index (χ0) is 16.2. The van der Waals surface area contributed by atoms with Crippen LogP contribution in [0, 0.1) is 5.82 Å². The maximum atomic E-state index is 12.8. The lowest BCUT2D eigenvalue weighted by atomic mass is 10.3. The number of guanidine groups is 1. The largest absolute Gasteiger partial charge is 0.489 e. The number of aliphatic imine (C=N–C) groups is 1. The lowest BCUT2D eigenvalue weighted by Crippen LogP contribution is -2.38. The highest BCUT2D eigenvalue weighted by Gasteiger charge is 2.04. The van der Waals surface area contributed by atoms with E-state index in [1.807, 2.05) is 25.6 Å². The minimum Gasteiger partial charge on any atom is -0.489 e. The molecule has 1 aromatic carbocycles. The first-order valence-corrected chi connectivity index (χ1v) is 8.98. The molecule has 22 heavy (non-hydrogen) atoms. The minimum atomic E-state index is -0.262. The maximum absolute atomic E-state index is 12.8. The molecular formula is C16H26FN3OS. The molecule has 0 aliphatic carbocycles. The van der Waals surface area contributed by atoms with E-state index in [4.69, 9.17) is 4.74 Å². The Morgan fingerprint density at radius 2 is 2.05 bits per heavy atom. The van der Waals surface area contributed by atoms with Crippen LogP contribution in [0.3, 0.4) is 0 Å². The standard InChI is InChI=1S/C16H26FN3OS/c1-4-18-16(19-10-5-11-22-3)20-12-13(2)21-15-8-6-14(17)7-9-15/h6-9,13H,4-5,10-12H2,1-3H3,(H2,18,19,20). The van der Waals surface area contributed by atoms with Crippen LogP contribution < -0.4 is 15.4 Å². The molecule has 4 nitrogen and oxygen atoms in total. The highest BCUT2D eigenvalue weighted by atomic mass is 32.2. The Bertz CT molecular complexity index is 440. The first kappa shape index (κ1) is 18.6. The fraction of sp³-hybridized carbons (Fsp3) is 0.562. The molecule has 1 unspecified atom stereocenters. The van der Waals surface area contributed by atoms with Gasteiger partial charge in [0.2, 0.25) is 0 Å². The zero-order valence-corrected chi connectivity index (χ0v) is 14.4. The third kappa shape index (κ3) is 8.12. The Morgan fingerprint density at radius 3 is 2.68 bits per heavy atom. The molecule has 0 radical (unpaired) electrons. The number of halogens is 1. The molecule has 1 aromatic rings. The average Bonchev–Trinajstić information content (AvgIpc) is 2.51. The molecule has 0 amide bonds. The van der Waals surface area contributed by atoms with Crippen molar-refractivity contribution in [2.24, 2.45) is 4.99 Å². The van der Waals surface area contributed by atoms with Crippen LogP contribution in [-0.4, -0.2) is 43.7 Å². The summed E-state index contributed by atoms with van der Waals surface area (Å²) in [7, 11) is 0. The van der Waals surface area contributed by atoms with Crippen molar-refractivity contribution < 1.29 is 9.13 Å². The van der Waals surface area contributed by atoms with Crippen LogP contribution in [0.2, 0.25) is 0 Å². The summed E-state index contributed by atoms with van der Waals surface area (Å²) in [5, 5.41) is 6.52. The summed E-state index contributed by atoms with van der Waals surface area (Å²) in [5.41, 5.74) is 0. The van der Waals surface area contributed by atoms with Gasteiger partial charge in [0.25, 0.3) is 0 Å². The van der Waals surface area contributed by atoms with Crippen LogP contribution in [0.15, 0.2) is 29.3 Å². The summed E-state index contributed by atoms with van der Waals surface area (Å²) in [5.74, 6) is 2.33. The van der Waals surface area contributed by atoms with Gasteiger partial charge in [0.1, 0.15) is 17.7 Å². The van der Waals surface area contributed by atoms with Crippen LogP contribution in [0.5, 0.6) is 5.75 Å². The van der Waals surface area contributed by atoms with E-state index >= 15 is 0 Å². The summed E-state index contributed by atoms with van der Waals surface area (Å²) in [6.07, 6.45) is 3.13. The van der Waals surface area contributed by atoms with E-state index in [1.165, 1.54) is 12.1 Å². The molecule has 0 bridgehead atoms. The highest BCUT2D eigenvalue weighted by Crippen LogP contribution is 2.12. The Morgan fingerprint density at radius 1 is 1.32 bits per heavy atom. The van der Waals surface area contributed by atoms with Crippen molar-refractivity contribution in [2.45, 2.75) is 26.4 Å². The molecule has 0 spiro atoms. The van der Waals surface area contributed by atoms with Gasteiger partial charge < -0.3 is 15.4 Å². The number of nitrogens with one attached hydrogen (secondary N) is 2. The van der Waals surface area contributed by atoms with Crippen LogP contribution in [0.4, 0.5) is 4.39 Å². The molecule has 0 saturated heterocycles. The number of benzene rings is 1. The van der Waals surface area contributed by atoms with Gasteiger partial charge in [0, 0.05) is 13.1 Å². The third-order valence-electron chi connectivity index (χ3n) is 2.82. The van der Waals surface area contributed by atoms with Crippen molar-refractivity contribution in [3.05, 3.63) is 30.1 Å². The predicted octanol–water partition coefficient (Wildman–Crippen LogP) is 2.90. The van der Waals surface area contributed by atoms with E-state index in [9.17, 15) is 4.39 Å². The first-order valence-electron chi connectivity index (χ1n) is 7.59. The number of hydrogen-bond acceptors (Lipinski definition) is 3. The topological polar surface area (TPSA) is 45.7 Å². The van der Waals surface area contributed by atoms with Gasteiger partial charge in [0.15, 0.2) is 5.96 Å². The summed E-state index contributed by atoms with van der Waals surface area (Å²) in [4.78, 5) is 4.51. The van der Waals surface area contributed by atoms with Gasteiger partial charge in [-0.3, -0.25) is 0 Å². The fourth-order valence-electron chi connectivity index (χ4n) is 1.77. The van der Waals surface area contributed by atoms with E-state index in [2.05, 4.69) is 21.9 Å². The Balaban J connectivity index is 2.41. The van der Waals surface area contributed by atoms with Gasteiger partial charge in [-0.15, -0.1) is 0 Å². The molecule has 0 fully saturated rings. The monoisotopic (exact) mass is 327 g/mol. The summed E-state index contributed by atoms with van der Waals surface area (Å²) < 4.78 is 18.5. The van der Waals surface area contributed by atoms with E-state index < -0.39 is 0 Å². The number of nitrogens with zero attached hydrogens (tertiary/aromatic N) is 1. The zero-order valence-electron chi connectivity index (χ0n) is 13.6. The third-order valence-corrected chi connectivity index (χ3v) is 3.52. The number of rotatable bonds is 9. The number of hydrogen-bond donors (Lipinski definition) is 2. The maximum Gasteiger partial charge on any atom is 0.191 e. The second-order valence-electron chi connectivity index (χ2n) is 4.88. The predicted molar refractivity (Wildman–Crippen MR) is 93.5 cm³/mol. The van der Waals surface area contributed by atoms with Crippen LogP contribution in [-0.2, 0) is 0 Å². The van der Waals surface area contributed by atoms with Crippen molar-refractivity contribution in [3.63, 3.8) is 0 Å². The molecule has 124 valence electrons. The van der Waals surface area contributed by atoms with Crippen molar-refractivity contribution >= 4 is 17.7 Å². The van der Waals surface area contributed by atoms with Gasteiger partial charge in [0.05, 0.1) is 6.54 Å². The molecular weight excluding hydrogens is 301 g/mol. The van der Waals surface area contributed by atoms with Crippen LogP contribution >= 0.6 is 11.8 Å². The summed E-state index contributed by atoms with van der Waals surface area (Å²) >= 11 is 1.84. The second kappa shape index (κ2) is 11.2. The quantitative estimate of drug-likeness (QED) is 0.416. The molecule has 1 atom stereocenters. The Kier molecular flexibility index (Phi) is 9.46. The summed E-state index contributed by atoms with van der Waals surface area (Å²) in [6, 6.07) is 6.04. The molecule has 0 aromatic heterocycles. The molecule has 0 heterocycles. The number of thioether (sulfide) groups is 1. The van der Waals surface area contributed by atoms with Crippen molar-refractivity contribution in [1.82, 2.24) is 10.6 Å². The van der Waals surface area contributed by atoms with Gasteiger partial charge in [-0.2, -0.15) is 11.8 Å². The van der Waals surface area contributed by atoms with E-state index in [0.29, 0.717) is 12.3 Å². The minimum absolute atomic E-state index is 0.0767.